The second-order valence-electron chi connectivity index (χ2n) is 14.4. The molecule has 0 saturated heterocycles. The Balaban J connectivity index is 4.34. The van der Waals surface area contributed by atoms with Gasteiger partial charge in [0.15, 0.2) is 6.10 Å². The lowest BCUT2D eigenvalue weighted by molar-refractivity contribution is -0.161. The van der Waals surface area contributed by atoms with Gasteiger partial charge in [0, 0.05) is 12.8 Å². The van der Waals surface area contributed by atoms with Crippen molar-refractivity contribution in [2.24, 2.45) is 0 Å². The zero-order chi connectivity index (χ0) is 40.5. The molecule has 0 aliphatic heterocycles. The fraction of sp³-hybridized carbons (Fsp3) is 0.773. The molecular formula is C44H79O10P. The van der Waals surface area contributed by atoms with Gasteiger partial charge in [-0.05, 0) is 70.6 Å². The maximum absolute atomic E-state index is 12.6. The summed E-state index contributed by atoms with van der Waals surface area (Å²) in [4.78, 5) is 35.0. The second-order valence-corrected chi connectivity index (χ2v) is 15.8. The van der Waals surface area contributed by atoms with Crippen LogP contribution in [0.4, 0.5) is 0 Å². The quantitative estimate of drug-likeness (QED) is 0.0180. The molecule has 11 heteroatoms. The minimum Gasteiger partial charge on any atom is -0.462 e. The van der Waals surface area contributed by atoms with Crippen molar-refractivity contribution in [3.05, 3.63) is 48.6 Å². The number of aliphatic hydroxyl groups is 2. The molecule has 3 atom stereocenters. The third-order valence-corrected chi connectivity index (χ3v) is 9.93. The molecule has 0 saturated carbocycles. The third-order valence-electron chi connectivity index (χ3n) is 8.98. The van der Waals surface area contributed by atoms with Crippen LogP contribution >= 0.6 is 7.82 Å². The van der Waals surface area contributed by atoms with Gasteiger partial charge < -0.3 is 24.6 Å². The number of carbonyl (C=O) groups excluding carboxylic acids is 2. The van der Waals surface area contributed by atoms with Gasteiger partial charge in [0.05, 0.1) is 19.8 Å². The van der Waals surface area contributed by atoms with Gasteiger partial charge in [-0.1, -0.05) is 146 Å². The summed E-state index contributed by atoms with van der Waals surface area (Å²) in [6.45, 7) is 2.30. The van der Waals surface area contributed by atoms with Gasteiger partial charge in [0.25, 0.3) is 0 Å². The van der Waals surface area contributed by atoms with E-state index in [1.165, 1.54) is 64.2 Å². The summed E-state index contributed by atoms with van der Waals surface area (Å²) in [6.07, 6.45) is 42.1. The monoisotopic (exact) mass is 799 g/mol. The van der Waals surface area contributed by atoms with Gasteiger partial charge in [-0.25, -0.2) is 4.57 Å². The fourth-order valence-electron chi connectivity index (χ4n) is 5.60. The number of hydrogen-bond acceptors (Lipinski definition) is 9. The second kappa shape index (κ2) is 40.1. The van der Waals surface area contributed by atoms with Crippen molar-refractivity contribution in [1.29, 1.82) is 0 Å². The number of unbranched alkanes of at least 4 members (excludes halogenated alkanes) is 19. The molecule has 0 spiro atoms. The normalized spacial score (nSPS) is 14.3. The van der Waals surface area contributed by atoms with Crippen molar-refractivity contribution in [3.63, 3.8) is 0 Å². The molecule has 0 fully saturated rings. The van der Waals surface area contributed by atoms with Gasteiger partial charge in [-0.2, -0.15) is 0 Å². The van der Waals surface area contributed by atoms with E-state index in [-0.39, 0.29) is 19.4 Å². The van der Waals surface area contributed by atoms with Crippen molar-refractivity contribution in [2.45, 2.75) is 193 Å². The van der Waals surface area contributed by atoms with Crippen LogP contribution in [-0.2, 0) is 32.7 Å². The summed E-state index contributed by atoms with van der Waals surface area (Å²) in [5.41, 5.74) is 0. The SMILES string of the molecule is CCCCC/C=C/C/C=C/CCCCCCCCCC(=O)O[C@H](COC(=O)CCCCCCC/C=C/C=C/CCCCCC)COP(=O)(O)OC[C@@H](O)CO. The van der Waals surface area contributed by atoms with Crippen molar-refractivity contribution in [1.82, 2.24) is 0 Å². The maximum atomic E-state index is 12.6. The van der Waals surface area contributed by atoms with Gasteiger partial charge in [-0.15, -0.1) is 0 Å². The van der Waals surface area contributed by atoms with Crippen LogP contribution in [0.25, 0.3) is 0 Å². The van der Waals surface area contributed by atoms with Crippen molar-refractivity contribution in [2.75, 3.05) is 26.4 Å². The first kappa shape index (κ1) is 52.9. The van der Waals surface area contributed by atoms with Gasteiger partial charge in [0.1, 0.15) is 12.7 Å². The number of carbonyl (C=O) groups is 2. The molecule has 0 aliphatic rings. The van der Waals surface area contributed by atoms with E-state index < -0.39 is 51.8 Å². The molecule has 1 unspecified atom stereocenters. The lowest BCUT2D eigenvalue weighted by Crippen LogP contribution is -2.29. The molecule has 0 radical (unpaired) electrons. The van der Waals surface area contributed by atoms with Crippen LogP contribution in [0.2, 0.25) is 0 Å². The van der Waals surface area contributed by atoms with Crippen molar-refractivity contribution in [3.8, 4) is 0 Å². The summed E-state index contributed by atoms with van der Waals surface area (Å²) in [6, 6.07) is 0. The third kappa shape index (κ3) is 39.9. The topological polar surface area (TPSA) is 149 Å². The number of phosphoric ester groups is 1. The van der Waals surface area contributed by atoms with Crippen molar-refractivity contribution >= 4 is 19.8 Å². The molecule has 3 N–H and O–H groups in total. The van der Waals surface area contributed by atoms with E-state index in [0.717, 1.165) is 77.0 Å². The predicted molar refractivity (Wildman–Crippen MR) is 224 cm³/mol. The average molecular weight is 799 g/mol. The minimum absolute atomic E-state index is 0.171. The smallest absolute Gasteiger partial charge is 0.462 e. The molecule has 0 aliphatic carbocycles. The Morgan fingerprint density at radius 3 is 1.55 bits per heavy atom. The Bertz CT molecular complexity index is 1060. The van der Waals surface area contributed by atoms with Crippen LogP contribution in [0.15, 0.2) is 48.6 Å². The Kier molecular flexibility index (Phi) is 38.6. The summed E-state index contributed by atoms with van der Waals surface area (Å²) in [7, 11) is -4.62. The van der Waals surface area contributed by atoms with Crippen LogP contribution in [-0.4, -0.2) is 65.7 Å². The Morgan fingerprint density at radius 2 is 1.00 bits per heavy atom. The Labute approximate surface area is 334 Å². The minimum atomic E-state index is -4.62. The molecule has 0 aromatic carbocycles. The number of aliphatic hydroxyl groups excluding tert-OH is 2. The molecule has 0 heterocycles. The first-order valence-electron chi connectivity index (χ1n) is 21.6. The molecule has 0 rings (SSSR count). The molecule has 0 bridgehead atoms. The molecule has 0 aromatic rings. The molecule has 10 nitrogen and oxygen atoms in total. The summed E-state index contributed by atoms with van der Waals surface area (Å²) in [5.74, 6) is -0.953. The fourth-order valence-corrected chi connectivity index (χ4v) is 6.39. The maximum Gasteiger partial charge on any atom is 0.472 e. The average Bonchev–Trinajstić information content (AvgIpc) is 3.17. The summed E-state index contributed by atoms with van der Waals surface area (Å²) in [5, 5.41) is 18.3. The first-order valence-corrected chi connectivity index (χ1v) is 23.1. The van der Waals surface area contributed by atoms with E-state index in [9.17, 15) is 24.2 Å². The molecular weight excluding hydrogens is 719 g/mol. The van der Waals surface area contributed by atoms with Crippen LogP contribution in [0.3, 0.4) is 0 Å². The lowest BCUT2D eigenvalue weighted by Gasteiger charge is -2.20. The van der Waals surface area contributed by atoms with E-state index in [1.54, 1.807) is 0 Å². The zero-order valence-corrected chi connectivity index (χ0v) is 35.5. The molecule has 55 heavy (non-hydrogen) atoms. The van der Waals surface area contributed by atoms with Crippen LogP contribution < -0.4 is 0 Å². The molecule has 320 valence electrons. The van der Waals surface area contributed by atoms with Crippen LogP contribution in [0.1, 0.15) is 181 Å². The van der Waals surface area contributed by atoms with E-state index in [0.29, 0.717) is 12.8 Å². The van der Waals surface area contributed by atoms with Gasteiger partial charge >= 0.3 is 19.8 Å². The van der Waals surface area contributed by atoms with Gasteiger partial charge in [0.2, 0.25) is 0 Å². The first-order chi connectivity index (χ1) is 26.7. The number of ether oxygens (including phenoxy) is 2. The number of hydrogen-bond donors (Lipinski definition) is 3. The number of rotatable bonds is 40. The van der Waals surface area contributed by atoms with Crippen LogP contribution in [0.5, 0.6) is 0 Å². The molecule has 0 amide bonds. The van der Waals surface area contributed by atoms with E-state index in [2.05, 4.69) is 67.0 Å². The van der Waals surface area contributed by atoms with Crippen molar-refractivity contribution < 1.29 is 47.8 Å². The van der Waals surface area contributed by atoms with E-state index in [1.807, 2.05) is 0 Å². The number of esters is 2. The standard InChI is InChI=1S/C44H79O10P/c1-3-5-7-9-11-13-15-17-19-20-22-24-26-28-30-32-34-36-44(48)54-42(40-53-55(49,50)52-38-41(46)37-45)39-51-43(47)35-33-31-29-27-25-23-21-18-16-14-12-10-8-6-4-2/h11,13-14,16-19,21,41-42,45-46H,3-10,12,15,20,22-40H2,1-2H3,(H,49,50)/b13-11+,16-14+,19-17+,21-18+/t41-,42+/m0/s1. The Morgan fingerprint density at radius 1 is 0.564 bits per heavy atom. The highest BCUT2D eigenvalue weighted by Gasteiger charge is 2.27. The van der Waals surface area contributed by atoms with Crippen LogP contribution in [0, 0.1) is 0 Å². The summed E-state index contributed by atoms with van der Waals surface area (Å²) >= 11 is 0. The van der Waals surface area contributed by atoms with E-state index >= 15 is 0 Å². The Hall–Kier alpha value is -2.07. The number of phosphoric acid groups is 1. The predicted octanol–water partition coefficient (Wildman–Crippen LogP) is 11.3. The number of allylic oxidation sites excluding steroid dienone is 8. The highest BCUT2D eigenvalue weighted by atomic mass is 31.2. The lowest BCUT2D eigenvalue weighted by atomic mass is 10.1. The molecule has 0 aromatic heterocycles. The largest absolute Gasteiger partial charge is 0.472 e. The van der Waals surface area contributed by atoms with E-state index in [4.69, 9.17) is 19.1 Å². The summed E-state index contributed by atoms with van der Waals surface area (Å²) < 4.78 is 32.7. The van der Waals surface area contributed by atoms with Gasteiger partial charge in [-0.3, -0.25) is 18.6 Å². The zero-order valence-electron chi connectivity index (χ0n) is 34.6. The highest BCUT2D eigenvalue weighted by molar-refractivity contribution is 7.47. The highest BCUT2D eigenvalue weighted by Crippen LogP contribution is 2.43.